The van der Waals surface area contributed by atoms with Gasteiger partial charge < -0.3 is 10.3 Å². The molecule has 0 spiro atoms. The molecular formula is C24H21BrN4O. The number of nitrogens with zero attached hydrogens (tertiary/aromatic N) is 1. The van der Waals surface area contributed by atoms with Gasteiger partial charge in [-0.15, -0.1) is 0 Å². The maximum atomic E-state index is 12.6. The first-order valence-corrected chi connectivity index (χ1v) is 10.5. The van der Waals surface area contributed by atoms with Crippen LogP contribution in [0.25, 0.3) is 10.9 Å². The topological polar surface area (TPSA) is 69.3 Å². The zero-order chi connectivity index (χ0) is 20.8. The molecule has 0 radical (unpaired) electrons. The van der Waals surface area contributed by atoms with Crippen LogP contribution in [0, 0.1) is 0 Å². The van der Waals surface area contributed by atoms with Crippen LogP contribution in [0.5, 0.6) is 0 Å². The summed E-state index contributed by atoms with van der Waals surface area (Å²) in [7, 11) is 0. The fourth-order valence-corrected chi connectivity index (χ4v) is 3.44. The number of hydrogen-bond acceptors (Lipinski definition) is 2. The van der Waals surface area contributed by atoms with E-state index in [9.17, 15) is 4.79 Å². The van der Waals surface area contributed by atoms with Gasteiger partial charge in [-0.2, -0.15) is 0 Å². The molecule has 0 fully saturated rings. The van der Waals surface area contributed by atoms with E-state index >= 15 is 0 Å². The van der Waals surface area contributed by atoms with Crippen molar-refractivity contribution in [1.82, 2.24) is 10.3 Å². The largest absolute Gasteiger partial charge is 0.361 e. The number of carbonyl (C=O) groups is 1. The number of carbonyl (C=O) groups excluding carboxylic acids is 1. The van der Waals surface area contributed by atoms with Crippen LogP contribution in [-0.2, 0) is 6.42 Å². The molecule has 3 aromatic carbocycles. The van der Waals surface area contributed by atoms with Gasteiger partial charge in [-0.05, 0) is 54.4 Å². The number of aromatic nitrogens is 1. The molecule has 4 rings (SSSR count). The second kappa shape index (κ2) is 9.41. The van der Waals surface area contributed by atoms with Crippen molar-refractivity contribution in [2.45, 2.75) is 6.42 Å². The van der Waals surface area contributed by atoms with Crippen molar-refractivity contribution in [2.24, 2.45) is 4.99 Å². The molecule has 1 aromatic heterocycles. The lowest BCUT2D eigenvalue weighted by Gasteiger charge is -2.12. The fourth-order valence-electron chi connectivity index (χ4n) is 3.18. The molecule has 30 heavy (non-hydrogen) atoms. The maximum absolute atomic E-state index is 12.6. The quantitative estimate of drug-likeness (QED) is 0.276. The Hall–Kier alpha value is -3.38. The number of guanidine groups is 1. The van der Waals surface area contributed by atoms with Crippen LogP contribution >= 0.6 is 15.9 Å². The molecule has 0 aliphatic rings. The van der Waals surface area contributed by atoms with E-state index in [4.69, 9.17) is 0 Å². The Morgan fingerprint density at radius 1 is 0.933 bits per heavy atom. The standard InChI is InChI=1S/C24H21BrN4O/c25-19-10-12-20(13-11-19)28-24(29-23(30)17-6-2-1-3-7-17)26-15-14-18-16-27-22-9-5-4-8-21(18)22/h1-13,16,27H,14-15H2,(H2,26,28,29,30). The van der Waals surface area contributed by atoms with Gasteiger partial charge in [0.05, 0.1) is 0 Å². The van der Waals surface area contributed by atoms with Gasteiger partial charge in [0.1, 0.15) is 0 Å². The monoisotopic (exact) mass is 460 g/mol. The lowest BCUT2D eigenvalue weighted by atomic mass is 10.1. The molecule has 0 aliphatic heterocycles. The van der Waals surface area contributed by atoms with Crippen molar-refractivity contribution < 1.29 is 4.79 Å². The molecule has 1 amide bonds. The third kappa shape index (κ3) is 4.96. The number of H-pyrrole nitrogens is 1. The van der Waals surface area contributed by atoms with Gasteiger partial charge in [0.2, 0.25) is 5.96 Å². The number of hydrogen-bond donors (Lipinski definition) is 3. The minimum Gasteiger partial charge on any atom is -0.361 e. The third-order valence-electron chi connectivity index (χ3n) is 4.70. The summed E-state index contributed by atoms with van der Waals surface area (Å²) in [5.74, 6) is 0.220. The Balaban J connectivity index is 1.50. The van der Waals surface area contributed by atoms with Gasteiger partial charge in [0.25, 0.3) is 5.91 Å². The van der Waals surface area contributed by atoms with E-state index in [1.54, 1.807) is 12.1 Å². The molecule has 3 N–H and O–H groups in total. The fraction of sp³-hybridized carbons (Fsp3) is 0.0833. The summed E-state index contributed by atoms with van der Waals surface area (Å²) in [5, 5.41) is 7.31. The number of anilines is 1. The van der Waals surface area contributed by atoms with Crippen molar-refractivity contribution in [2.75, 3.05) is 11.9 Å². The summed E-state index contributed by atoms with van der Waals surface area (Å²) in [6.45, 7) is 0.537. The first-order valence-electron chi connectivity index (χ1n) is 9.67. The molecule has 4 aromatic rings. The van der Waals surface area contributed by atoms with Crippen LogP contribution in [0.3, 0.4) is 0 Å². The minimum absolute atomic E-state index is 0.203. The Morgan fingerprint density at radius 2 is 1.67 bits per heavy atom. The number of nitrogens with one attached hydrogen (secondary N) is 3. The molecular weight excluding hydrogens is 440 g/mol. The number of halogens is 1. The van der Waals surface area contributed by atoms with Crippen molar-refractivity contribution >= 4 is 44.4 Å². The van der Waals surface area contributed by atoms with Crippen molar-refractivity contribution in [1.29, 1.82) is 0 Å². The maximum Gasteiger partial charge on any atom is 0.257 e. The van der Waals surface area contributed by atoms with Crippen LogP contribution in [-0.4, -0.2) is 23.4 Å². The number of aliphatic imine (C=N–C) groups is 1. The predicted molar refractivity (Wildman–Crippen MR) is 126 cm³/mol. The molecule has 0 saturated heterocycles. The van der Waals surface area contributed by atoms with E-state index in [0.717, 1.165) is 22.1 Å². The summed E-state index contributed by atoms with van der Waals surface area (Å²) in [6, 6.07) is 25.0. The molecule has 150 valence electrons. The highest BCUT2D eigenvalue weighted by Crippen LogP contribution is 2.18. The summed E-state index contributed by atoms with van der Waals surface area (Å²) < 4.78 is 0.985. The molecule has 0 atom stereocenters. The molecule has 0 unspecified atom stereocenters. The van der Waals surface area contributed by atoms with E-state index < -0.39 is 0 Å². The Labute approximate surface area is 183 Å². The van der Waals surface area contributed by atoms with Crippen LogP contribution in [0.2, 0.25) is 0 Å². The van der Waals surface area contributed by atoms with E-state index in [2.05, 4.69) is 48.7 Å². The van der Waals surface area contributed by atoms with E-state index in [1.165, 1.54) is 10.9 Å². The highest BCUT2D eigenvalue weighted by atomic mass is 79.9. The Kier molecular flexibility index (Phi) is 6.25. The lowest BCUT2D eigenvalue weighted by molar-refractivity contribution is 0.0977. The number of para-hydroxylation sites is 1. The van der Waals surface area contributed by atoms with Gasteiger partial charge in [0, 0.05) is 39.4 Å². The predicted octanol–water partition coefficient (Wildman–Crippen LogP) is 5.37. The van der Waals surface area contributed by atoms with E-state index in [0.29, 0.717) is 18.1 Å². The first-order chi connectivity index (χ1) is 14.7. The number of aromatic amines is 1. The zero-order valence-electron chi connectivity index (χ0n) is 16.2. The number of benzene rings is 3. The van der Waals surface area contributed by atoms with Crippen LogP contribution in [0.4, 0.5) is 5.69 Å². The van der Waals surface area contributed by atoms with Crippen LogP contribution < -0.4 is 10.6 Å². The van der Waals surface area contributed by atoms with Gasteiger partial charge in [-0.1, -0.05) is 52.3 Å². The second-order valence-corrected chi connectivity index (χ2v) is 7.71. The second-order valence-electron chi connectivity index (χ2n) is 6.79. The summed E-state index contributed by atoms with van der Waals surface area (Å²) in [5.41, 5.74) is 3.74. The smallest absolute Gasteiger partial charge is 0.257 e. The van der Waals surface area contributed by atoms with Crippen LogP contribution in [0.15, 0.2) is 94.5 Å². The van der Waals surface area contributed by atoms with Gasteiger partial charge in [-0.3, -0.25) is 15.1 Å². The number of fused-ring (bicyclic) bond motifs is 1. The van der Waals surface area contributed by atoms with Gasteiger partial charge >= 0.3 is 0 Å². The highest BCUT2D eigenvalue weighted by Gasteiger charge is 2.09. The van der Waals surface area contributed by atoms with Crippen molar-refractivity contribution in [3.05, 3.63) is 101 Å². The summed E-state index contributed by atoms with van der Waals surface area (Å²) >= 11 is 3.44. The van der Waals surface area contributed by atoms with Crippen molar-refractivity contribution in [3.63, 3.8) is 0 Å². The normalized spacial score (nSPS) is 11.4. The van der Waals surface area contributed by atoms with Gasteiger partial charge in [-0.25, -0.2) is 0 Å². The SMILES string of the molecule is O=C(NC(=NCCc1c[nH]c2ccccc12)Nc1ccc(Br)cc1)c1ccccc1. The molecule has 5 nitrogen and oxygen atoms in total. The molecule has 1 heterocycles. The number of rotatable bonds is 5. The molecule has 0 bridgehead atoms. The highest BCUT2D eigenvalue weighted by molar-refractivity contribution is 9.10. The zero-order valence-corrected chi connectivity index (χ0v) is 17.8. The summed E-state index contributed by atoms with van der Waals surface area (Å²) in [4.78, 5) is 20.5. The average molecular weight is 461 g/mol. The summed E-state index contributed by atoms with van der Waals surface area (Å²) in [6.07, 6.45) is 2.78. The first kappa shape index (κ1) is 19.9. The average Bonchev–Trinajstić information content (AvgIpc) is 3.19. The van der Waals surface area contributed by atoms with Crippen molar-refractivity contribution in [3.8, 4) is 0 Å². The lowest BCUT2D eigenvalue weighted by Crippen LogP contribution is -2.36. The minimum atomic E-state index is -0.203. The molecule has 6 heteroatoms. The van der Waals surface area contributed by atoms with E-state index in [-0.39, 0.29) is 5.91 Å². The van der Waals surface area contributed by atoms with E-state index in [1.807, 2.05) is 60.8 Å². The van der Waals surface area contributed by atoms with Gasteiger partial charge in [0.15, 0.2) is 0 Å². The molecule has 0 saturated carbocycles. The Bertz CT molecular complexity index is 1170. The third-order valence-corrected chi connectivity index (χ3v) is 5.23. The molecule has 0 aliphatic carbocycles. The van der Waals surface area contributed by atoms with Crippen LogP contribution in [0.1, 0.15) is 15.9 Å². The Morgan fingerprint density at radius 3 is 2.47 bits per heavy atom. The number of amides is 1.